The lowest BCUT2D eigenvalue weighted by molar-refractivity contribution is -0.139. The Bertz CT molecular complexity index is 1010. The lowest BCUT2D eigenvalue weighted by Gasteiger charge is -2.22. The number of carbonyl (C=O) groups is 5. The van der Waals surface area contributed by atoms with E-state index in [0.717, 1.165) is 31.2 Å². The van der Waals surface area contributed by atoms with E-state index < -0.39 is 42.4 Å². The molecule has 2 amide bonds. The summed E-state index contributed by atoms with van der Waals surface area (Å²) in [5.41, 5.74) is 6.29. The van der Waals surface area contributed by atoms with Gasteiger partial charge in [-0.05, 0) is 37.0 Å². The average molecular weight is 584 g/mol. The van der Waals surface area contributed by atoms with Gasteiger partial charge in [0.05, 0.1) is 7.11 Å². The normalized spacial score (nSPS) is 13.1. The molecule has 0 fully saturated rings. The molecule has 3 atom stereocenters. The van der Waals surface area contributed by atoms with Gasteiger partial charge in [0.1, 0.15) is 24.4 Å². The molecule has 0 bridgehead atoms. The molecule has 0 radical (unpaired) electrons. The molecular formula is C27H41N3O9S. The van der Waals surface area contributed by atoms with Crippen LogP contribution in [0.25, 0.3) is 0 Å². The second kappa shape index (κ2) is 18.9. The number of phenolic OH excluding ortho intramolecular Hbond substituents is 1. The molecule has 0 spiro atoms. The molecule has 0 unspecified atom stereocenters. The molecule has 0 aromatic heterocycles. The maximum Gasteiger partial charge on any atom is 0.322 e. The van der Waals surface area contributed by atoms with Gasteiger partial charge >= 0.3 is 11.9 Å². The van der Waals surface area contributed by atoms with Crippen molar-refractivity contribution in [3.05, 3.63) is 23.8 Å². The number of rotatable bonds is 21. The van der Waals surface area contributed by atoms with Gasteiger partial charge < -0.3 is 36.4 Å². The van der Waals surface area contributed by atoms with Crippen LogP contribution in [-0.2, 0) is 30.4 Å². The van der Waals surface area contributed by atoms with E-state index in [1.54, 1.807) is 12.1 Å². The van der Waals surface area contributed by atoms with Gasteiger partial charge in [0.2, 0.25) is 11.8 Å². The summed E-state index contributed by atoms with van der Waals surface area (Å²) in [6.07, 6.45) is 4.23. The molecule has 1 aromatic rings. The van der Waals surface area contributed by atoms with E-state index in [1.807, 2.05) is 0 Å². The van der Waals surface area contributed by atoms with E-state index in [9.17, 15) is 29.1 Å². The first kappa shape index (κ1) is 34.7. The number of carboxylic acid groups (broad SMARTS) is 2. The monoisotopic (exact) mass is 583 g/mol. The van der Waals surface area contributed by atoms with E-state index in [4.69, 9.17) is 20.7 Å². The molecule has 1 aromatic carbocycles. The van der Waals surface area contributed by atoms with Crippen LogP contribution in [0.4, 0.5) is 0 Å². The number of amides is 2. The molecule has 1 rings (SSSR count). The fourth-order valence-electron chi connectivity index (χ4n) is 3.76. The van der Waals surface area contributed by atoms with Gasteiger partial charge in [-0.1, -0.05) is 32.3 Å². The summed E-state index contributed by atoms with van der Waals surface area (Å²) in [4.78, 5) is 59.7. The van der Waals surface area contributed by atoms with Crippen molar-refractivity contribution in [2.24, 2.45) is 5.73 Å². The van der Waals surface area contributed by atoms with Crippen LogP contribution in [0.5, 0.6) is 11.5 Å². The van der Waals surface area contributed by atoms with E-state index in [2.05, 4.69) is 17.6 Å². The van der Waals surface area contributed by atoms with Crippen molar-refractivity contribution in [2.45, 2.75) is 82.0 Å². The molecule has 0 aliphatic carbocycles. The number of hydrogen-bond acceptors (Lipinski definition) is 9. The number of hydrogen-bond donors (Lipinski definition) is 6. The summed E-state index contributed by atoms with van der Waals surface area (Å²) in [5, 5.41) is 32.2. The Kier molecular flexibility index (Phi) is 16.4. The fourth-order valence-corrected chi connectivity index (χ4v) is 5.10. The molecule has 40 heavy (non-hydrogen) atoms. The Labute approximate surface area is 238 Å². The number of Topliss-reactive ketones (excluding diaryl/α,β-unsaturated/α-hetero) is 1. The lowest BCUT2D eigenvalue weighted by Crippen LogP contribution is -2.49. The van der Waals surface area contributed by atoms with Gasteiger partial charge in [-0.3, -0.25) is 24.0 Å². The highest BCUT2D eigenvalue weighted by atomic mass is 32.2. The number of carbonyl (C=O) groups excluding carboxylic acids is 3. The Morgan fingerprint density at radius 2 is 1.80 bits per heavy atom. The highest BCUT2D eigenvalue weighted by Crippen LogP contribution is 2.27. The number of phenols is 1. The number of nitrogens with two attached hydrogens (primary N) is 1. The second-order valence-electron chi connectivity index (χ2n) is 9.42. The molecule has 7 N–H and O–H groups in total. The van der Waals surface area contributed by atoms with Crippen molar-refractivity contribution in [3.8, 4) is 11.5 Å². The summed E-state index contributed by atoms with van der Waals surface area (Å²) in [6, 6.07) is 2.62. The van der Waals surface area contributed by atoms with Crippen LogP contribution < -0.4 is 21.1 Å². The third kappa shape index (κ3) is 14.2. The van der Waals surface area contributed by atoms with Crippen LogP contribution >= 0.6 is 11.8 Å². The van der Waals surface area contributed by atoms with Crippen LogP contribution in [0, 0.1) is 0 Å². The van der Waals surface area contributed by atoms with Crippen molar-refractivity contribution in [1.29, 1.82) is 0 Å². The van der Waals surface area contributed by atoms with Gasteiger partial charge in [-0.15, -0.1) is 0 Å². The van der Waals surface area contributed by atoms with E-state index in [-0.39, 0.29) is 48.2 Å². The number of nitrogens with one attached hydrogen (secondary N) is 2. The summed E-state index contributed by atoms with van der Waals surface area (Å²) in [6.45, 7) is 1.44. The highest BCUT2D eigenvalue weighted by Gasteiger charge is 2.25. The van der Waals surface area contributed by atoms with Crippen LogP contribution in [-0.4, -0.2) is 81.6 Å². The maximum atomic E-state index is 12.9. The minimum atomic E-state index is -1.25. The minimum Gasteiger partial charge on any atom is -0.504 e. The summed E-state index contributed by atoms with van der Waals surface area (Å²) in [7, 11) is 1.45. The van der Waals surface area contributed by atoms with Crippen molar-refractivity contribution in [3.63, 3.8) is 0 Å². The van der Waals surface area contributed by atoms with E-state index >= 15 is 0 Å². The highest BCUT2D eigenvalue weighted by molar-refractivity contribution is 8.00. The molecule has 0 aliphatic heterocycles. The third-order valence-electron chi connectivity index (χ3n) is 6.09. The first-order valence-corrected chi connectivity index (χ1v) is 14.3. The number of carboxylic acids is 2. The Morgan fingerprint density at radius 1 is 1.07 bits per heavy atom. The molecule has 0 aliphatic rings. The molecule has 0 saturated heterocycles. The Morgan fingerprint density at radius 3 is 2.42 bits per heavy atom. The zero-order valence-electron chi connectivity index (χ0n) is 23.0. The summed E-state index contributed by atoms with van der Waals surface area (Å²) < 4.78 is 5.12. The van der Waals surface area contributed by atoms with Gasteiger partial charge in [-0.25, -0.2) is 0 Å². The quantitative estimate of drug-likeness (QED) is 0.115. The Hall–Kier alpha value is -3.32. The zero-order chi connectivity index (χ0) is 30.1. The summed E-state index contributed by atoms with van der Waals surface area (Å²) in [5.74, 6) is -3.29. The van der Waals surface area contributed by atoms with E-state index in [0.29, 0.717) is 12.2 Å². The molecule has 224 valence electrons. The number of aliphatic carboxylic acids is 2. The number of aromatic hydroxyl groups is 1. The summed E-state index contributed by atoms with van der Waals surface area (Å²) >= 11 is 1.36. The molecule has 12 nitrogen and oxygen atoms in total. The standard InChI is InChI=1S/C27H41N3O9S/c1-3-4-5-6-19(14-18(31)9-7-17-8-11-22(32)23(13-17)39-2)40-16-21(26(36)29-15-25(34)35)30-24(33)12-10-20(28)27(37)38/h8,11,13,19-21,32H,3-7,9-10,12,14-16,28H2,1-2H3,(H,29,36)(H,30,33)(H,34,35)(H,37,38)/t19-,20-,21-/m0/s1. The van der Waals surface area contributed by atoms with Gasteiger partial charge in [-0.2, -0.15) is 11.8 Å². The number of ketones is 1. The number of aryl methyl sites for hydroxylation is 1. The Balaban J connectivity index is 2.83. The van der Waals surface area contributed by atoms with Crippen LogP contribution in [0.3, 0.4) is 0 Å². The average Bonchev–Trinajstić information content (AvgIpc) is 2.91. The predicted octanol–water partition coefficient (Wildman–Crippen LogP) is 1.85. The SMILES string of the molecule is CCCCC[C@@H](CC(=O)CCc1ccc(O)c(OC)c1)SC[C@H](NC(=O)CC[C@H](N)C(=O)O)C(=O)NCC(=O)O. The van der Waals surface area contributed by atoms with Crippen LogP contribution in [0.1, 0.15) is 63.9 Å². The fraction of sp³-hybridized carbons (Fsp3) is 0.593. The topological polar surface area (TPSA) is 205 Å². The molecule has 0 heterocycles. The first-order chi connectivity index (χ1) is 19.0. The van der Waals surface area contributed by atoms with Gasteiger partial charge in [0.15, 0.2) is 11.5 Å². The van der Waals surface area contributed by atoms with Crippen molar-refractivity contribution < 1.29 is 44.0 Å². The maximum absolute atomic E-state index is 12.9. The third-order valence-corrected chi connectivity index (χ3v) is 7.48. The smallest absolute Gasteiger partial charge is 0.322 e. The van der Waals surface area contributed by atoms with Gasteiger partial charge in [0.25, 0.3) is 0 Å². The second-order valence-corrected chi connectivity index (χ2v) is 10.7. The first-order valence-electron chi connectivity index (χ1n) is 13.2. The number of methoxy groups -OCH3 is 1. The predicted molar refractivity (Wildman–Crippen MR) is 150 cm³/mol. The number of thioether (sulfide) groups is 1. The van der Waals surface area contributed by atoms with Crippen molar-refractivity contribution >= 4 is 41.3 Å². The van der Waals surface area contributed by atoms with Crippen LogP contribution in [0.2, 0.25) is 0 Å². The largest absolute Gasteiger partial charge is 0.504 e. The zero-order valence-corrected chi connectivity index (χ0v) is 23.8. The van der Waals surface area contributed by atoms with E-state index in [1.165, 1.54) is 24.9 Å². The van der Waals surface area contributed by atoms with Crippen LogP contribution in [0.15, 0.2) is 18.2 Å². The van der Waals surface area contributed by atoms with Crippen molar-refractivity contribution in [2.75, 3.05) is 19.4 Å². The lowest BCUT2D eigenvalue weighted by atomic mass is 10.0. The number of ether oxygens (including phenoxy) is 1. The molecular weight excluding hydrogens is 542 g/mol. The molecule has 0 saturated carbocycles. The van der Waals surface area contributed by atoms with Gasteiger partial charge in [0, 0.05) is 30.3 Å². The molecule has 13 heteroatoms. The number of unbranched alkanes of at least 4 members (excludes halogenated alkanes) is 2. The van der Waals surface area contributed by atoms with Crippen molar-refractivity contribution in [1.82, 2.24) is 10.6 Å². The number of benzene rings is 1. The minimum absolute atomic E-state index is 0.0173.